The predicted octanol–water partition coefficient (Wildman–Crippen LogP) is 0.854. The number of hydrogen-bond acceptors (Lipinski definition) is 5. The molecule has 0 aliphatic heterocycles. The van der Waals surface area contributed by atoms with Crippen molar-refractivity contribution in [2.24, 2.45) is 0 Å². The van der Waals surface area contributed by atoms with Crippen LogP contribution in [0.2, 0.25) is 0 Å². The van der Waals surface area contributed by atoms with E-state index in [1.54, 1.807) is 6.92 Å². The zero-order chi connectivity index (χ0) is 12.8. The number of aromatic nitrogens is 3. The lowest BCUT2D eigenvalue weighted by Gasteiger charge is -2.16. The van der Waals surface area contributed by atoms with Gasteiger partial charge in [0.25, 0.3) is 0 Å². The third-order valence-corrected chi connectivity index (χ3v) is 2.25. The minimum atomic E-state index is -0.217. The largest absolute Gasteiger partial charge is 0.465 e. The Labute approximate surface area is 102 Å². The fourth-order valence-corrected chi connectivity index (χ4v) is 1.54. The lowest BCUT2D eigenvalue weighted by atomic mass is 10.4. The molecule has 1 heterocycles. The molecular weight excluding hydrogens is 220 g/mol. The molecule has 0 aliphatic carbocycles. The van der Waals surface area contributed by atoms with Gasteiger partial charge in [-0.15, -0.1) is 0 Å². The molecule has 0 radical (unpaired) electrons. The van der Waals surface area contributed by atoms with Crippen molar-refractivity contribution in [3.05, 3.63) is 12.2 Å². The highest BCUT2D eigenvalue weighted by Gasteiger charge is 2.12. The van der Waals surface area contributed by atoms with Gasteiger partial charge in [0.1, 0.15) is 12.2 Å². The van der Waals surface area contributed by atoms with Crippen molar-refractivity contribution in [1.29, 1.82) is 0 Å². The molecule has 0 unspecified atom stereocenters. The zero-order valence-electron chi connectivity index (χ0n) is 10.9. The van der Waals surface area contributed by atoms with Crippen LogP contribution >= 0.6 is 0 Å². The first kappa shape index (κ1) is 13.6. The Morgan fingerprint density at radius 3 is 2.88 bits per heavy atom. The summed E-state index contributed by atoms with van der Waals surface area (Å²) < 4.78 is 6.73. The molecule has 0 spiro atoms. The molecule has 1 aromatic heterocycles. The standard InChI is InChI=1S/C11H20N4O2/c1-5-17-11(16)7-14(4)6-10-12-8-13-15(10)9(2)3/h8-9H,5-7H2,1-4H3. The summed E-state index contributed by atoms with van der Waals surface area (Å²) in [7, 11) is 1.86. The van der Waals surface area contributed by atoms with E-state index in [2.05, 4.69) is 10.1 Å². The van der Waals surface area contributed by atoms with E-state index in [-0.39, 0.29) is 18.6 Å². The molecule has 1 rings (SSSR count). The monoisotopic (exact) mass is 240 g/mol. The van der Waals surface area contributed by atoms with E-state index in [4.69, 9.17) is 4.74 Å². The van der Waals surface area contributed by atoms with Crippen LogP contribution in [0, 0.1) is 0 Å². The van der Waals surface area contributed by atoms with Gasteiger partial charge in [0.15, 0.2) is 0 Å². The first-order chi connectivity index (χ1) is 8.04. The maximum Gasteiger partial charge on any atom is 0.320 e. The summed E-state index contributed by atoms with van der Waals surface area (Å²) in [6.45, 7) is 7.14. The Kier molecular flexibility index (Phi) is 5.09. The number of carbonyl (C=O) groups excluding carboxylic acids is 1. The van der Waals surface area contributed by atoms with Crippen LogP contribution < -0.4 is 0 Å². The van der Waals surface area contributed by atoms with Gasteiger partial charge in [-0.3, -0.25) is 9.69 Å². The van der Waals surface area contributed by atoms with Gasteiger partial charge in [-0.2, -0.15) is 5.10 Å². The van der Waals surface area contributed by atoms with Gasteiger partial charge in [-0.1, -0.05) is 0 Å². The summed E-state index contributed by atoms with van der Waals surface area (Å²) >= 11 is 0. The molecule has 6 nitrogen and oxygen atoms in total. The Morgan fingerprint density at radius 2 is 2.29 bits per heavy atom. The molecule has 1 aromatic rings. The van der Waals surface area contributed by atoms with Crippen LogP contribution in [-0.2, 0) is 16.1 Å². The van der Waals surface area contributed by atoms with Gasteiger partial charge in [-0.25, -0.2) is 9.67 Å². The average Bonchev–Trinajstić information content (AvgIpc) is 2.65. The Bertz CT molecular complexity index is 362. The maximum absolute atomic E-state index is 11.3. The number of ether oxygens (including phenoxy) is 1. The number of likely N-dealkylation sites (N-methyl/N-ethyl adjacent to an activating group) is 1. The van der Waals surface area contributed by atoms with Crippen molar-refractivity contribution < 1.29 is 9.53 Å². The summed E-state index contributed by atoms with van der Waals surface area (Å²) in [4.78, 5) is 17.3. The van der Waals surface area contributed by atoms with E-state index in [1.165, 1.54) is 6.33 Å². The molecule has 0 N–H and O–H groups in total. The van der Waals surface area contributed by atoms with Crippen LogP contribution in [0.25, 0.3) is 0 Å². The molecular formula is C11H20N4O2. The summed E-state index contributed by atoms with van der Waals surface area (Å²) in [6.07, 6.45) is 1.54. The highest BCUT2D eigenvalue weighted by molar-refractivity contribution is 5.71. The summed E-state index contributed by atoms with van der Waals surface area (Å²) in [5, 5.41) is 4.15. The number of hydrogen-bond donors (Lipinski definition) is 0. The van der Waals surface area contributed by atoms with E-state index in [9.17, 15) is 4.79 Å². The second-order valence-electron chi connectivity index (χ2n) is 4.19. The fraction of sp³-hybridized carbons (Fsp3) is 0.727. The third kappa shape index (κ3) is 4.14. The number of nitrogens with zero attached hydrogens (tertiary/aromatic N) is 4. The highest BCUT2D eigenvalue weighted by Crippen LogP contribution is 2.06. The van der Waals surface area contributed by atoms with Crippen molar-refractivity contribution in [1.82, 2.24) is 19.7 Å². The van der Waals surface area contributed by atoms with E-state index < -0.39 is 0 Å². The molecule has 0 fully saturated rings. The third-order valence-electron chi connectivity index (χ3n) is 2.25. The van der Waals surface area contributed by atoms with Crippen molar-refractivity contribution in [2.75, 3.05) is 20.2 Å². The van der Waals surface area contributed by atoms with Crippen molar-refractivity contribution >= 4 is 5.97 Å². The first-order valence-corrected chi connectivity index (χ1v) is 5.77. The predicted molar refractivity (Wildman–Crippen MR) is 63.4 cm³/mol. The van der Waals surface area contributed by atoms with Crippen LogP contribution in [-0.4, -0.2) is 45.8 Å². The van der Waals surface area contributed by atoms with E-state index in [1.807, 2.05) is 30.5 Å². The molecule has 0 atom stereocenters. The van der Waals surface area contributed by atoms with E-state index >= 15 is 0 Å². The molecule has 0 saturated heterocycles. The minimum Gasteiger partial charge on any atom is -0.465 e. The molecule has 6 heteroatoms. The van der Waals surface area contributed by atoms with Crippen LogP contribution in [0.4, 0.5) is 0 Å². The minimum absolute atomic E-state index is 0.217. The highest BCUT2D eigenvalue weighted by atomic mass is 16.5. The number of rotatable bonds is 6. The quantitative estimate of drug-likeness (QED) is 0.690. The lowest BCUT2D eigenvalue weighted by Crippen LogP contribution is -2.28. The Morgan fingerprint density at radius 1 is 1.59 bits per heavy atom. The van der Waals surface area contributed by atoms with Crippen molar-refractivity contribution in [3.63, 3.8) is 0 Å². The smallest absolute Gasteiger partial charge is 0.320 e. The molecule has 0 saturated carbocycles. The van der Waals surface area contributed by atoms with Gasteiger partial charge in [0.05, 0.1) is 19.7 Å². The molecule has 17 heavy (non-hydrogen) atoms. The fourth-order valence-electron chi connectivity index (χ4n) is 1.54. The molecule has 0 bridgehead atoms. The van der Waals surface area contributed by atoms with Gasteiger partial charge < -0.3 is 4.74 Å². The second-order valence-corrected chi connectivity index (χ2v) is 4.19. The Balaban J connectivity index is 2.53. The van der Waals surface area contributed by atoms with Crippen LogP contribution in [0.5, 0.6) is 0 Å². The van der Waals surface area contributed by atoms with Gasteiger partial charge >= 0.3 is 5.97 Å². The van der Waals surface area contributed by atoms with Gasteiger partial charge in [-0.05, 0) is 27.8 Å². The molecule has 0 aromatic carbocycles. The topological polar surface area (TPSA) is 60.2 Å². The van der Waals surface area contributed by atoms with Crippen LogP contribution in [0.3, 0.4) is 0 Å². The SMILES string of the molecule is CCOC(=O)CN(C)Cc1ncnn1C(C)C. The number of esters is 1. The normalized spacial score (nSPS) is 11.2. The van der Waals surface area contributed by atoms with Gasteiger partial charge in [0, 0.05) is 6.04 Å². The van der Waals surface area contributed by atoms with Crippen molar-refractivity contribution in [3.8, 4) is 0 Å². The molecule has 96 valence electrons. The van der Waals surface area contributed by atoms with E-state index in [0.717, 1.165) is 5.82 Å². The van der Waals surface area contributed by atoms with Crippen LogP contribution in [0.1, 0.15) is 32.6 Å². The second kappa shape index (κ2) is 6.34. The van der Waals surface area contributed by atoms with Gasteiger partial charge in [0.2, 0.25) is 0 Å². The van der Waals surface area contributed by atoms with E-state index in [0.29, 0.717) is 13.2 Å². The summed E-state index contributed by atoms with van der Waals surface area (Å²) in [6, 6.07) is 0.267. The average molecular weight is 240 g/mol. The molecule has 0 amide bonds. The summed E-state index contributed by atoms with van der Waals surface area (Å²) in [5.41, 5.74) is 0. The van der Waals surface area contributed by atoms with Crippen LogP contribution in [0.15, 0.2) is 6.33 Å². The summed E-state index contributed by atoms with van der Waals surface area (Å²) in [5.74, 6) is 0.636. The van der Waals surface area contributed by atoms with Crippen molar-refractivity contribution in [2.45, 2.75) is 33.4 Å². The zero-order valence-corrected chi connectivity index (χ0v) is 10.9. The first-order valence-electron chi connectivity index (χ1n) is 5.77. The number of carbonyl (C=O) groups is 1. The molecule has 0 aliphatic rings. The maximum atomic E-state index is 11.3. The lowest BCUT2D eigenvalue weighted by molar-refractivity contribution is -0.144. The Hall–Kier alpha value is -1.43.